The number of pyridine rings is 1. The average molecular weight is 448 g/mol. The number of nitrogens with zero attached hydrogens (tertiary/aromatic N) is 1. The van der Waals surface area contributed by atoms with Crippen LogP contribution in [0.3, 0.4) is 0 Å². The maximum atomic E-state index is 12.2. The van der Waals surface area contributed by atoms with Crippen LogP contribution in [0, 0.1) is 11.8 Å². The van der Waals surface area contributed by atoms with Crippen LogP contribution in [-0.2, 0) is 6.42 Å². The molecule has 7 nitrogen and oxygen atoms in total. The molecule has 1 saturated carbocycles. The number of hydrogen-bond acceptors (Lipinski definition) is 5. The van der Waals surface area contributed by atoms with Gasteiger partial charge in [-0.1, -0.05) is 25.5 Å². The molecule has 4 N–H and O–H groups in total. The number of carbonyl (C=O) groups is 1. The zero-order valence-electron chi connectivity index (χ0n) is 17.9. The summed E-state index contributed by atoms with van der Waals surface area (Å²) in [5, 5.41) is 23.1. The molecule has 2 heterocycles. The van der Waals surface area contributed by atoms with Gasteiger partial charge in [0.05, 0.1) is 5.69 Å². The van der Waals surface area contributed by atoms with Crippen LogP contribution in [0.15, 0.2) is 29.1 Å². The first-order valence-corrected chi connectivity index (χ1v) is 10.7. The summed E-state index contributed by atoms with van der Waals surface area (Å²) in [5.41, 5.74) is 1.41. The van der Waals surface area contributed by atoms with E-state index in [0.717, 1.165) is 30.3 Å². The molecule has 1 aromatic carbocycles. The highest BCUT2D eigenvalue weighted by Gasteiger charge is 2.39. The molecule has 1 aliphatic heterocycles. The van der Waals surface area contributed by atoms with Crippen molar-refractivity contribution in [2.45, 2.75) is 38.6 Å². The number of fused-ring (bicyclic) bond motifs is 1. The molecule has 1 aromatic heterocycles. The first-order valence-electron chi connectivity index (χ1n) is 10.7. The molecule has 0 spiro atoms. The fourth-order valence-corrected chi connectivity index (χ4v) is 5.30. The molecule has 0 amide bonds. The zero-order valence-corrected chi connectivity index (χ0v) is 18.7. The van der Waals surface area contributed by atoms with E-state index in [-0.39, 0.29) is 12.4 Å². The highest BCUT2D eigenvalue weighted by molar-refractivity contribution is 5.92. The van der Waals surface area contributed by atoms with Crippen LogP contribution >= 0.6 is 12.4 Å². The van der Waals surface area contributed by atoms with Gasteiger partial charge in [-0.15, -0.1) is 12.4 Å². The fraction of sp³-hybridized carbons (Fsp3) is 0.478. The van der Waals surface area contributed by atoms with Crippen molar-refractivity contribution in [3.63, 3.8) is 0 Å². The Labute approximate surface area is 187 Å². The minimum atomic E-state index is -1.43. The first kappa shape index (κ1) is 23.2. The number of H-pyrrole nitrogens is 1. The Morgan fingerprint density at radius 2 is 1.94 bits per heavy atom. The van der Waals surface area contributed by atoms with Crippen molar-refractivity contribution in [3.05, 3.63) is 45.7 Å². The molecular formula is C23H30ClN3O4. The Morgan fingerprint density at radius 1 is 1.23 bits per heavy atom. The van der Waals surface area contributed by atoms with Gasteiger partial charge >= 0.3 is 5.97 Å². The van der Waals surface area contributed by atoms with E-state index < -0.39 is 22.8 Å². The number of anilines is 1. The first-order chi connectivity index (χ1) is 14.4. The number of aromatic amines is 1. The molecule has 0 unspecified atom stereocenters. The lowest BCUT2D eigenvalue weighted by Gasteiger charge is -2.32. The third-order valence-corrected chi connectivity index (χ3v) is 6.85. The molecule has 2 aromatic rings. The molecule has 1 aliphatic carbocycles. The Balaban J connectivity index is 0.00000272. The minimum Gasteiger partial charge on any atom is -0.506 e. The normalized spacial score (nSPS) is 22.6. The van der Waals surface area contributed by atoms with Gasteiger partial charge in [0.2, 0.25) is 0 Å². The van der Waals surface area contributed by atoms with Gasteiger partial charge in [-0.25, -0.2) is 4.79 Å². The second kappa shape index (κ2) is 9.32. The minimum absolute atomic E-state index is 0. The van der Waals surface area contributed by atoms with Crippen molar-refractivity contribution in [1.82, 2.24) is 10.3 Å². The molecule has 31 heavy (non-hydrogen) atoms. The summed E-state index contributed by atoms with van der Waals surface area (Å²) in [6.07, 6.45) is 4.21. The van der Waals surface area contributed by atoms with Crippen LogP contribution in [0.4, 0.5) is 5.69 Å². The molecule has 3 atom stereocenters. The van der Waals surface area contributed by atoms with Crippen LogP contribution in [-0.4, -0.2) is 47.3 Å². The van der Waals surface area contributed by atoms with E-state index in [1.807, 2.05) is 31.2 Å². The molecule has 2 fully saturated rings. The molecule has 8 heteroatoms. The number of aromatic hydroxyl groups is 1. The lowest BCUT2D eigenvalue weighted by Crippen LogP contribution is -2.40. The third-order valence-electron chi connectivity index (χ3n) is 6.85. The smallest absolute Gasteiger partial charge is 0.345 e. The van der Waals surface area contributed by atoms with Gasteiger partial charge in [0, 0.05) is 30.4 Å². The number of hydrogen-bond donors (Lipinski definition) is 4. The molecule has 0 radical (unpaired) electrons. The van der Waals surface area contributed by atoms with Crippen LogP contribution in [0.2, 0.25) is 0 Å². The van der Waals surface area contributed by atoms with Gasteiger partial charge in [0.15, 0.2) is 5.56 Å². The van der Waals surface area contributed by atoms with E-state index in [9.17, 15) is 19.8 Å². The van der Waals surface area contributed by atoms with Gasteiger partial charge in [-0.05, 0) is 55.8 Å². The fourth-order valence-electron chi connectivity index (χ4n) is 5.30. The van der Waals surface area contributed by atoms with Crippen molar-refractivity contribution in [1.29, 1.82) is 0 Å². The van der Waals surface area contributed by atoms with Crippen LogP contribution < -0.4 is 15.8 Å². The van der Waals surface area contributed by atoms with E-state index in [0.29, 0.717) is 29.6 Å². The van der Waals surface area contributed by atoms with Gasteiger partial charge in [0.1, 0.15) is 5.75 Å². The standard InChI is InChI=1S/C23H29N3O4.ClH/c1-3-16-20(25-22(28)19(21(16)27)23(29)30)13-7-9-15(10-8-13)26-11-14-5-4-6-18(24-2)17(14)12-26;/h7-10,14,17-18,24H,3-6,11-12H2,1-2H3,(H,29,30)(H2,25,27,28);1H/t14-,17+,18-;/m1./s1. The maximum Gasteiger partial charge on any atom is 0.345 e. The third kappa shape index (κ3) is 4.16. The maximum absolute atomic E-state index is 12.2. The highest BCUT2D eigenvalue weighted by atomic mass is 35.5. The number of carboxylic acids is 1. The summed E-state index contributed by atoms with van der Waals surface area (Å²) in [6, 6.07) is 8.52. The highest BCUT2D eigenvalue weighted by Crippen LogP contribution is 2.39. The summed E-state index contributed by atoms with van der Waals surface area (Å²) in [4.78, 5) is 28.6. The predicted molar refractivity (Wildman–Crippen MR) is 124 cm³/mol. The quantitative estimate of drug-likeness (QED) is 0.560. The number of nitrogens with one attached hydrogen (secondary N) is 2. The van der Waals surface area contributed by atoms with E-state index in [2.05, 4.69) is 22.2 Å². The topological polar surface area (TPSA) is 106 Å². The van der Waals surface area contributed by atoms with Gasteiger partial charge in [-0.2, -0.15) is 0 Å². The van der Waals surface area contributed by atoms with E-state index in [1.165, 1.54) is 19.3 Å². The van der Waals surface area contributed by atoms with E-state index in [1.54, 1.807) is 0 Å². The van der Waals surface area contributed by atoms with Gasteiger partial charge in [0.25, 0.3) is 5.56 Å². The molecular weight excluding hydrogens is 418 g/mol. The summed E-state index contributed by atoms with van der Waals surface area (Å²) in [7, 11) is 2.06. The summed E-state index contributed by atoms with van der Waals surface area (Å²) < 4.78 is 0. The van der Waals surface area contributed by atoms with E-state index >= 15 is 0 Å². The molecule has 2 aliphatic rings. The molecule has 4 rings (SSSR count). The summed E-state index contributed by atoms with van der Waals surface area (Å²) in [5.74, 6) is -0.485. The summed E-state index contributed by atoms with van der Waals surface area (Å²) in [6.45, 7) is 3.93. The second-order valence-electron chi connectivity index (χ2n) is 8.39. The Bertz CT molecular complexity index is 1010. The van der Waals surface area contributed by atoms with Crippen molar-refractivity contribution in [2.75, 3.05) is 25.0 Å². The zero-order chi connectivity index (χ0) is 21.4. The van der Waals surface area contributed by atoms with E-state index in [4.69, 9.17) is 0 Å². The van der Waals surface area contributed by atoms with Gasteiger partial charge < -0.3 is 25.4 Å². The predicted octanol–water partition coefficient (Wildman–Crippen LogP) is 3.25. The summed E-state index contributed by atoms with van der Waals surface area (Å²) >= 11 is 0. The number of aromatic carboxylic acids is 1. The average Bonchev–Trinajstić information content (AvgIpc) is 3.17. The second-order valence-corrected chi connectivity index (χ2v) is 8.39. The van der Waals surface area contributed by atoms with Gasteiger partial charge in [-0.3, -0.25) is 4.79 Å². The number of halogens is 1. The lowest BCUT2D eigenvalue weighted by molar-refractivity contribution is 0.0691. The number of rotatable bonds is 5. The molecule has 168 valence electrons. The number of carboxylic acid groups (broad SMARTS) is 1. The van der Waals surface area contributed by atoms with Crippen molar-refractivity contribution < 1.29 is 15.0 Å². The Kier molecular flexibility index (Phi) is 6.96. The Hall–Kier alpha value is -2.51. The Morgan fingerprint density at radius 3 is 2.55 bits per heavy atom. The van der Waals surface area contributed by atoms with Crippen LogP contribution in [0.5, 0.6) is 5.75 Å². The van der Waals surface area contributed by atoms with Crippen LogP contribution in [0.25, 0.3) is 11.3 Å². The molecule has 1 saturated heterocycles. The van der Waals surface area contributed by atoms with Crippen molar-refractivity contribution in [2.24, 2.45) is 11.8 Å². The molecule has 0 bridgehead atoms. The SMILES string of the molecule is CCc1c(-c2ccc(N3C[C@H]4CCC[C@@H](NC)[C@H]4C3)cc2)[nH]c(=O)c(C(=O)O)c1O.Cl. The monoisotopic (exact) mass is 447 g/mol. The van der Waals surface area contributed by atoms with Crippen molar-refractivity contribution >= 4 is 24.1 Å². The lowest BCUT2D eigenvalue weighted by atomic mass is 9.78. The van der Waals surface area contributed by atoms with Crippen molar-refractivity contribution in [3.8, 4) is 17.0 Å². The largest absolute Gasteiger partial charge is 0.506 e. The number of benzene rings is 1. The van der Waals surface area contributed by atoms with Crippen LogP contribution in [0.1, 0.15) is 42.1 Å². The number of aromatic nitrogens is 1.